The second-order valence-corrected chi connectivity index (χ2v) is 9.11. The monoisotopic (exact) mass is 388 g/mol. The highest BCUT2D eigenvalue weighted by atomic mass is 16.5. The lowest BCUT2D eigenvalue weighted by molar-refractivity contribution is -0.0847. The normalized spacial score (nSPS) is 22.4. The molecule has 1 aromatic rings. The van der Waals surface area contributed by atoms with Crippen LogP contribution in [0.4, 0.5) is 4.79 Å². The van der Waals surface area contributed by atoms with Crippen LogP contribution in [0.2, 0.25) is 0 Å². The maximum atomic E-state index is 11.7. The summed E-state index contributed by atoms with van der Waals surface area (Å²) in [6, 6.07) is 8.82. The molecule has 5 nitrogen and oxygen atoms in total. The third-order valence-electron chi connectivity index (χ3n) is 6.05. The molecule has 1 unspecified atom stereocenters. The first kappa shape index (κ1) is 21.1. The van der Waals surface area contributed by atoms with Gasteiger partial charge in [-0.15, -0.1) is 0 Å². The molecule has 1 atom stereocenters. The van der Waals surface area contributed by atoms with Crippen molar-refractivity contribution in [2.75, 3.05) is 32.8 Å². The summed E-state index contributed by atoms with van der Waals surface area (Å²) in [5.41, 5.74) is 3.07. The quantitative estimate of drug-likeness (QED) is 0.796. The zero-order chi connectivity index (χ0) is 20.0. The van der Waals surface area contributed by atoms with E-state index in [0.717, 1.165) is 32.7 Å². The molecule has 156 valence electrons. The predicted octanol–water partition coefficient (Wildman–Crippen LogP) is 4.14. The zero-order valence-electron chi connectivity index (χ0n) is 17.7. The van der Waals surface area contributed by atoms with Crippen LogP contribution in [0.15, 0.2) is 24.3 Å². The Balaban J connectivity index is 1.36. The molecular formula is C23H36N2O3. The molecule has 0 radical (unpaired) electrons. The number of alkyl carbamates (subject to hydrolysis) is 1. The fourth-order valence-electron chi connectivity index (χ4n) is 4.22. The SMILES string of the molecule is Cc1cccc(CN2CCC3(CCC(CNC(=O)OCC(C)C)OC3)CC2)c1. The van der Waals surface area contributed by atoms with Crippen LogP contribution >= 0.6 is 0 Å². The van der Waals surface area contributed by atoms with E-state index in [4.69, 9.17) is 9.47 Å². The number of amides is 1. The van der Waals surface area contributed by atoms with E-state index in [0.29, 0.717) is 24.5 Å². The molecule has 0 saturated carbocycles. The van der Waals surface area contributed by atoms with Crippen molar-refractivity contribution in [2.45, 2.75) is 59.1 Å². The molecule has 1 N–H and O–H groups in total. The molecular weight excluding hydrogens is 352 g/mol. The number of hydrogen-bond acceptors (Lipinski definition) is 4. The van der Waals surface area contributed by atoms with Gasteiger partial charge in [0.05, 0.1) is 19.3 Å². The van der Waals surface area contributed by atoms with E-state index in [1.54, 1.807) is 0 Å². The lowest BCUT2D eigenvalue weighted by Gasteiger charge is -2.45. The molecule has 1 amide bonds. The van der Waals surface area contributed by atoms with Gasteiger partial charge in [-0.3, -0.25) is 4.90 Å². The Morgan fingerprint density at radius 2 is 2.11 bits per heavy atom. The van der Waals surface area contributed by atoms with Crippen molar-refractivity contribution in [1.29, 1.82) is 0 Å². The third-order valence-corrected chi connectivity index (χ3v) is 6.05. The molecule has 2 aliphatic rings. The molecule has 1 spiro atoms. The summed E-state index contributed by atoms with van der Waals surface area (Å²) in [6.45, 7) is 11.4. The molecule has 0 aromatic heterocycles. The molecule has 2 aliphatic heterocycles. The van der Waals surface area contributed by atoms with Crippen LogP contribution in [-0.4, -0.2) is 49.9 Å². The van der Waals surface area contributed by atoms with Gasteiger partial charge in [-0.2, -0.15) is 0 Å². The minimum atomic E-state index is -0.331. The number of carbonyl (C=O) groups is 1. The van der Waals surface area contributed by atoms with Gasteiger partial charge in [0, 0.05) is 13.1 Å². The maximum Gasteiger partial charge on any atom is 0.407 e. The van der Waals surface area contributed by atoms with E-state index in [1.807, 2.05) is 13.8 Å². The highest BCUT2D eigenvalue weighted by molar-refractivity contribution is 5.67. The Morgan fingerprint density at radius 1 is 1.32 bits per heavy atom. The molecule has 2 fully saturated rings. The number of piperidine rings is 1. The van der Waals surface area contributed by atoms with Gasteiger partial charge in [-0.05, 0) is 62.6 Å². The average Bonchev–Trinajstić information content (AvgIpc) is 2.68. The van der Waals surface area contributed by atoms with Gasteiger partial charge in [0.1, 0.15) is 0 Å². The number of benzene rings is 1. The summed E-state index contributed by atoms with van der Waals surface area (Å²) in [7, 11) is 0. The first-order valence-corrected chi connectivity index (χ1v) is 10.7. The van der Waals surface area contributed by atoms with Crippen molar-refractivity contribution in [3.8, 4) is 0 Å². The number of nitrogens with one attached hydrogen (secondary N) is 1. The van der Waals surface area contributed by atoms with Gasteiger partial charge in [-0.1, -0.05) is 43.7 Å². The van der Waals surface area contributed by atoms with Crippen LogP contribution in [0.3, 0.4) is 0 Å². The van der Waals surface area contributed by atoms with Gasteiger partial charge < -0.3 is 14.8 Å². The van der Waals surface area contributed by atoms with Crippen molar-refractivity contribution in [3.05, 3.63) is 35.4 Å². The smallest absolute Gasteiger partial charge is 0.407 e. The maximum absolute atomic E-state index is 11.7. The number of aryl methyl sites for hydroxylation is 1. The summed E-state index contributed by atoms with van der Waals surface area (Å²) in [5, 5.41) is 2.84. The van der Waals surface area contributed by atoms with E-state index in [-0.39, 0.29) is 12.2 Å². The zero-order valence-corrected chi connectivity index (χ0v) is 17.7. The highest BCUT2D eigenvalue weighted by Gasteiger charge is 2.38. The van der Waals surface area contributed by atoms with Crippen molar-refractivity contribution < 1.29 is 14.3 Å². The number of likely N-dealkylation sites (tertiary alicyclic amines) is 1. The third kappa shape index (κ3) is 6.21. The van der Waals surface area contributed by atoms with Crippen LogP contribution in [0.1, 0.15) is 50.7 Å². The Hall–Kier alpha value is -1.59. The standard InChI is InChI=1S/C23H36N2O3/c1-18(2)16-27-22(26)24-14-21-7-8-23(17-28-21)9-11-25(12-10-23)15-20-6-4-5-19(3)13-20/h4-6,13,18,21H,7-12,14-17H2,1-3H3,(H,24,26). The van der Waals surface area contributed by atoms with E-state index in [1.165, 1.54) is 30.4 Å². The van der Waals surface area contributed by atoms with Crippen molar-refractivity contribution >= 4 is 6.09 Å². The Morgan fingerprint density at radius 3 is 2.75 bits per heavy atom. The molecule has 5 heteroatoms. The van der Waals surface area contributed by atoms with Gasteiger partial charge in [0.15, 0.2) is 0 Å². The van der Waals surface area contributed by atoms with Crippen molar-refractivity contribution in [2.24, 2.45) is 11.3 Å². The van der Waals surface area contributed by atoms with Gasteiger partial charge >= 0.3 is 6.09 Å². The first-order chi connectivity index (χ1) is 13.4. The number of ether oxygens (including phenoxy) is 2. The minimum absolute atomic E-state index is 0.113. The summed E-state index contributed by atoms with van der Waals surface area (Å²) >= 11 is 0. The van der Waals surface area contributed by atoms with E-state index < -0.39 is 0 Å². The molecule has 2 heterocycles. The van der Waals surface area contributed by atoms with E-state index >= 15 is 0 Å². The number of nitrogens with zero attached hydrogens (tertiary/aromatic N) is 1. The first-order valence-electron chi connectivity index (χ1n) is 10.7. The van der Waals surface area contributed by atoms with Crippen LogP contribution in [0.25, 0.3) is 0 Å². The lowest BCUT2D eigenvalue weighted by atomic mass is 9.73. The minimum Gasteiger partial charge on any atom is -0.449 e. The Bertz CT molecular complexity index is 628. The predicted molar refractivity (Wildman–Crippen MR) is 111 cm³/mol. The fourth-order valence-corrected chi connectivity index (χ4v) is 4.22. The molecule has 0 aliphatic carbocycles. The Labute approximate surface area is 169 Å². The average molecular weight is 389 g/mol. The van der Waals surface area contributed by atoms with Gasteiger partial charge in [0.25, 0.3) is 0 Å². The van der Waals surface area contributed by atoms with Crippen LogP contribution in [0, 0.1) is 18.3 Å². The van der Waals surface area contributed by atoms with Gasteiger partial charge in [0.2, 0.25) is 0 Å². The number of carbonyl (C=O) groups excluding carboxylic acids is 1. The van der Waals surface area contributed by atoms with Crippen LogP contribution in [-0.2, 0) is 16.0 Å². The van der Waals surface area contributed by atoms with Crippen LogP contribution < -0.4 is 5.32 Å². The highest BCUT2D eigenvalue weighted by Crippen LogP contribution is 2.40. The summed E-state index contributed by atoms with van der Waals surface area (Å²) in [5.74, 6) is 0.355. The van der Waals surface area contributed by atoms with Gasteiger partial charge in [-0.25, -0.2) is 4.79 Å². The second kappa shape index (κ2) is 9.75. The lowest BCUT2D eigenvalue weighted by Crippen LogP contribution is -2.47. The molecule has 3 rings (SSSR count). The van der Waals surface area contributed by atoms with E-state index in [2.05, 4.69) is 41.4 Å². The van der Waals surface area contributed by atoms with Crippen molar-refractivity contribution in [3.63, 3.8) is 0 Å². The topological polar surface area (TPSA) is 50.8 Å². The molecule has 2 saturated heterocycles. The summed E-state index contributed by atoms with van der Waals surface area (Å²) < 4.78 is 11.3. The fraction of sp³-hybridized carbons (Fsp3) is 0.696. The molecule has 28 heavy (non-hydrogen) atoms. The largest absolute Gasteiger partial charge is 0.449 e. The van der Waals surface area contributed by atoms with Crippen molar-refractivity contribution in [1.82, 2.24) is 10.2 Å². The molecule has 1 aromatic carbocycles. The Kier molecular flexibility index (Phi) is 7.36. The summed E-state index contributed by atoms with van der Waals surface area (Å²) in [4.78, 5) is 14.3. The summed E-state index contributed by atoms with van der Waals surface area (Å²) in [6.07, 6.45) is 4.40. The molecule has 0 bridgehead atoms. The van der Waals surface area contributed by atoms with E-state index in [9.17, 15) is 4.79 Å². The number of rotatable bonds is 6. The van der Waals surface area contributed by atoms with Crippen LogP contribution in [0.5, 0.6) is 0 Å². The second-order valence-electron chi connectivity index (χ2n) is 9.11. The number of hydrogen-bond donors (Lipinski definition) is 1.